The molecule has 0 saturated carbocycles. The van der Waals surface area contributed by atoms with Crippen LogP contribution in [0.2, 0.25) is 0 Å². The summed E-state index contributed by atoms with van der Waals surface area (Å²) in [5, 5.41) is 7.83. The van der Waals surface area contributed by atoms with Crippen molar-refractivity contribution in [3.63, 3.8) is 0 Å². The topological polar surface area (TPSA) is 86.4 Å². The lowest BCUT2D eigenvalue weighted by Gasteiger charge is -2.11. The summed E-state index contributed by atoms with van der Waals surface area (Å²) in [6.45, 7) is 0.317. The van der Waals surface area contributed by atoms with Gasteiger partial charge in [-0.15, -0.1) is 0 Å². The number of anilines is 1. The monoisotopic (exact) mass is 453 g/mol. The summed E-state index contributed by atoms with van der Waals surface area (Å²) in [6, 6.07) is 17.6. The number of ether oxygens (including phenoxy) is 1. The Morgan fingerprint density at radius 2 is 1.97 bits per heavy atom. The molecule has 0 unspecified atom stereocenters. The molecule has 8 heteroatoms. The Hall–Kier alpha value is -3.39. The van der Waals surface area contributed by atoms with Crippen LogP contribution in [0.5, 0.6) is 5.75 Å². The number of aromatic nitrogens is 2. The predicted octanol–water partition coefficient (Wildman–Crippen LogP) is 3.82. The molecule has 0 aliphatic heterocycles. The molecule has 2 aromatic carbocycles. The van der Waals surface area contributed by atoms with Crippen LogP contribution in [0.15, 0.2) is 80.5 Å². The third kappa shape index (κ3) is 4.55. The minimum absolute atomic E-state index is 0.192. The van der Waals surface area contributed by atoms with Gasteiger partial charge in [0.15, 0.2) is 6.61 Å². The van der Waals surface area contributed by atoms with E-state index in [0.717, 1.165) is 15.4 Å². The van der Waals surface area contributed by atoms with E-state index < -0.39 is 5.63 Å². The van der Waals surface area contributed by atoms with Crippen molar-refractivity contribution in [2.24, 2.45) is 0 Å². The number of benzene rings is 2. The van der Waals surface area contributed by atoms with E-state index in [2.05, 4.69) is 26.3 Å². The maximum Gasteiger partial charge on any atom is 0.336 e. The van der Waals surface area contributed by atoms with Crippen molar-refractivity contribution >= 4 is 38.6 Å². The Balaban J connectivity index is 1.40. The van der Waals surface area contributed by atoms with Crippen LogP contribution in [-0.2, 0) is 11.3 Å². The molecule has 0 spiro atoms. The van der Waals surface area contributed by atoms with E-state index in [1.54, 1.807) is 41.2 Å². The van der Waals surface area contributed by atoms with Crippen molar-refractivity contribution in [2.75, 3.05) is 11.9 Å². The van der Waals surface area contributed by atoms with Crippen molar-refractivity contribution in [1.29, 1.82) is 0 Å². The Bertz CT molecular complexity index is 1230. The summed E-state index contributed by atoms with van der Waals surface area (Å²) in [5.41, 5.74) is 1.01. The van der Waals surface area contributed by atoms with Gasteiger partial charge in [-0.3, -0.25) is 4.79 Å². The van der Waals surface area contributed by atoms with Gasteiger partial charge in [-0.25, -0.2) is 9.48 Å². The van der Waals surface area contributed by atoms with E-state index in [4.69, 9.17) is 9.15 Å². The van der Waals surface area contributed by atoms with Crippen molar-refractivity contribution in [1.82, 2.24) is 9.78 Å². The summed E-state index contributed by atoms with van der Waals surface area (Å²) in [6.07, 6.45) is 1.62. The molecule has 0 aliphatic rings. The highest BCUT2D eigenvalue weighted by Gasteiger charge is 2.10. The molecule has 146 valence electrons. The van der Waals surface area contributed by atoms with Gasteiger partial charge in [-0.1, -0.05) is 34.1 Å². The lowest BCUT2D eigenvalue weighted by Crippen LogP contribution is -2.22. The van der Waals surface area contributed by atoms with Gasteiger partial charge in [0.1, 0.15) is 17.2 Å². The molecule has 7 nitrogen and oxygen atoms in total. The first-order chi connectivity index (χ1) is 14.1. The Kier molecular flexibility index (Phi) is 5.44. The van der Waals surface area contributed by atoms with Gasteiger partial charge >= 0.3 is 5.63 Å². The minimum Gasteiger partial charge on any atom is -0.484 e. The maximum atomic E-state index is 12.3. The van der Waals surface area contributed by atoms with Gasteiger partial charge in [-0.05, 0) is 29.8 Å². The highest BCUT2D eigenvalue weighted by molar-refractivity contribution is 9.10. The number of halogens is 1. The first-order valence-corrected chi connectivity index (χ1v) is 9.59. The number of nitrogens with zero attached hydrogens (tertiary/aromatic N) is 2. The minimum atomic E-state index is -0.439. The van der Waals surface area contributed by atoms with Gasteiger partial charge in [0.05, 0.1) is 12.7 Å². The van der Waals surface area contributed by atoms with E-state index in [9.17, 15) is 9.59 Å². The van der Waals surface area contributed by atoms with E-state index in [1.165, 1.54) is 6.07 Å². The van der Waals surface area contributed by atoms with Crippen LogP contribution in [0, 0.1) is 0 Å². The third-order valence-electron chi connectivity index (χ3n) is 4.23. The maximum absolute atomic E-state index is 12.3. The Labute approximate surface area is 174 Å². The molecule has 0 fully saturated rings. The molecule has 1 N–H and O–H groups in total. The Morgan fingerprint density at radius 3 is 2.83 bits per heavy atom. The molecule has 0 aliphatic carbocycles. The molecule has 29 heavy (non-hydrogen) atoms. The van der Waals surface area contributed by atoms with E-state index in [-0.39, 0.29) is 12.5 Å². The molecule has 1 amide bonds. The van der Waals surface area contributed by atoms with E-state index in [1.807, 2.05) is 24.3 Å². The van der Waals surface area contributed by atoms with Crippen LogP contribution < -0.4 is 15.7 Å². The average Bonchev–Trinajstić information content (AvgIpc) is 3.14. The lowest BCUT2D eigenvalue weighted by atomic mass is 10.2. The molecular formula is C21H16BrN3O4. The summed E-state index contributed by atoms with van der Waals surface area (Å²) >= 11 is 3.51. The lowest BCUT2D eigenvalue weighted by molar-refractivity contribution is -0.118. The number of fused-ring (bicyclic) bond motifs is 1. The second-order valence-electron chi connectivity index (χ2n) is 6.26. The van der Waals surface area contributed by atoms with Crippen molar-refractivity contribution in [2.45, 2.75) is 6.54 Å². The Morgan fingerprint density at radius 1 is 1.14 bits per heavy atom. The van der Waals surface area contributed by atoms with Crippen molar-refractivity contribution in [3.8, 4) is 5.75 Å². The largest absolute Gasteiger partial charge is 0.484 e. The first kappa shape index (κ1) is 18.9. The van der Waals surface area contributed by atoms with E-state index >= 15 is 0 Å². The quantitative estimate of drug-likeness (QED) is 0.448. The highest BCUT2D eigenvalue weighted by atomic mass is 79.9. The van der Waals surface area contributed by atoms with Crippen LogP contribution in [0.4, 0.5) is 5.82 Å². The highest BCUT2D eigenvalue weighted by Crippen LogP contribution is 2.20. The molecule has 4 aromatic rings. The van der Waals surface area contributed by atoms with Gasteiger partial charge in [0, 0.05) is 28.1 Å². The summed E-state index contributed by atoms with van der Waals surface area (Å²) in [4.78, 5) is 23.7. The van der Waals surface area contributed by atoms with Crippen LogP contribution in [0.1, 0.15) is 5.56 Å². The van der Waals surface area contributed by atoms with Crippen LogP contribution in [-0.4, -0.2) is 22.3 Å². The van der Waals surface area contributed by atoms with Gasteiger partial charge in [-0.2, -0.15) is 5.10 Å². The zero-order chi connectivity index (χ0) is 20.2. The second kappa shape index (κ2) is 8.32. The fourth-order valence-electron chi connectivity index (χ4n) is 2.81. The second-order valence-corrected chi connectivity index (χ2v) is 7.11. The van der Waals surface area contributed by atoms with Crippen molar-refractivity contribution < 1.29 is 13.9 Å². The first-order valence-electron chi connectivity index (χ1n) is 8.80. The smallest absolute Gasteiger partial charge is 0.336 e. The molecule has 2 heterocycles. The number of amides is 1. The van der Waals surface area contributed by atoms with Crippen LogP contribution in [0.3, 0.4) is 0 Å². The van der Waals surface area contributed by atoms with E-state index in [0.29, 0.717) is 23.7 Å². The van der Waals surface area contributed by atoms with Crippen LogP contribution >= 0.6 is 15.9 Å². The molecular weight excluding hydrogens is 438 g/mol. The molecule has 4 rings (SSSR count). The number of rotatable bonds is 6. The molecule has 2 aromatic heterocycles. The van der Waals surface area contributed by atoms with Gasteiger partial charge < -0.3 is 14.5 Å². The fraction of sp³-hybridized carbons (Fsp3) is 0.0952. The number of hydrogen-bond donors (Lipinski definition) is 1. The number of carbonyl (C=O) groups is 1. The molecule has 0 saturated heterocycles. The predicted molar refractivity (Wildman–Crippen MR) is 112 cm³/mol. The fourth-order valence-corrected chi connectivity index (χ4v) is 3.22. The number of carbonyl (C=O) groups excluding carboxylic acids is 1. The SMILES string of the molecule is O=C(COc1ccc2ccc(=O)oc2c1)Nc1ccnn1Cc1ccccc1Br. The number of hydrogen-bond acceptors (Lipinski definition) is 5. The number of nitrogens with one attached hydrogen (secondary N) is 1. The zero-order valence-corrected chi connectivity index (χ0v) is 16.8. The van der Waals surface area contributed by atoms with Gasteiger partial charge in [0.2, 0.25) is 0 Å². The van der Waals surface area contributed by atoms with Crippen LogP contribution in [0.25, 0.3) is 11.0 Å². The molecule has 0 radical (unpaired) electrons. The van der Waals surface area contributed by atoms with Gasteiger partial charge in [0.25, 0.3) is 5.91 Å². The average molecular weight is 454 g/mol. The third-order valence-corrected chi connectivity index (χ3v) is 5.00. The summed E-state index contributed by atoms with van der Waals surface area (Å²) < 4.78 is 13.3. The summed E-state index contributed by atoms with van der Waals surface area (Å²) in [7, 11) is 0. The zero-order valence-electron chi connectivity index (χ0n) is 15.2. The van der Waals surface area contributed by atoms with Crippen molar-refractivity contribution in [3.05, 3.63) is 87.3 Å². The molecule has 0 atom stereocenters. The normalized spacial score (nSPS) is 10.8. The molecule has 0 bridgehead atoms. The standard InChI is InChI=1S/C21H16BrN3O4/c22-17-4-2-1-3-15(17)12-25-19(9-10-23-25)24-20(26)13-28-16-7-5-14-6-8-21(27)29-18(14)11-16/h1-11H,12-13H2,(H,24,26). The summed E-state index contributed by atoms with van der Waals surface area (Å²) in [5.74, 6) is 0.677.